The number of carbonyl (C=O) groups is 1. The van der Waals surface area contributed by atoms with Crippen LogP contribution in [-0.4, -0.2) is 18.1 Å². The minimum absolute atomic E-state index is 0.126. The number of nitrogens with zero attached hydrogens (tertiary/aromatic N) is 1. The average molecular weight is 348 g/mol. The number of hydrogen-bond donors (Lipinski definition) is 0. The number of methoxy groups -OCH3 is 1. The fourth-order valence-electron chi connectivity index (χ4n) is 2.37. The number of para-hydroxylation sites is 1. The molecule has 0 atom stereocenters. The average Bonchev–Trinajstić information content (AvgIpc) is 2.50. The van der Waals surface area contributed by atoms with Crippen molar-refractivity contribution in [3.05, 3.63) is 63.6 Å². The monoisotopic (exact) mass is 347 g/mol. The number of benzene rings is 2. The molecule has 1 amide bonds. The van der Waals surface area contributed by atoms with Gasteiger partial charge in [-0.25, -0.2) is 5.06 Å². The Morgan fingerprint density at radius 3 is 2.86 bits per heavy atom. The number of halogens is 1. The van der Waals surface area contributed by atoms with Gasteiger partial charge in [-0.15, -0.1) is 0 Å². The molecule has 5 heteroatoms. The van der Waals surface area contributed by atoms with Crippen molar-refractivity contribution in [2.45, 2.75) is 13.2 Å². The van der Waals surface area contributed by atoms with Gasteiger partial charge in [-0.1, -0.05) is 30.3 Å². The fraction of sp³-hybridized carbons (Fsp3) is 0.188. The first-order valence-corrected chi connectivity index (χ1v) is 7.34. The first kappa shape index (κ1) is 14.1. The molecule has 4 nitrogen and oxygen atoms in total. The Bertz CT molecular complexity index is 687. The van der Waals surface area contributed by atoms with Crippen LogP contribution in [0.3, 0.4) is 0 Å². The summed E-state index contributed by atoms with van der Waals surface area (Å²) in [7, 11) is 1.61. The molecule has 0 saturated carbocycles. The summed E-state index contributed by atoms with van der Waals surface area (Å²) < 4.78 is 6.24. The topological polar surface area (TPSA) is 38.8 Å². The second kappa shape index (κ2) is 5.87. The Labute approximate surface area is 131 Å². The van der Waals surface area contributed by atoms with Gasteiger partial charge in [0.15, 0.2) is 0 Å². The normalized spacial score (nSPS) is 14.0. The summed E-state index contributed by atoms with van der Waals surface area (Å²) in [5.74, 6) is 0.589. The van der Waals surface area contributed by atoms with Crippen LogP contribution in [0.4, 0.5) is 0 Å². The number of carbonyl (C=O) groups excluding carboxylic acids is 1. The van der Waals surface area contributed by atoms with Crippen LogP contribution in [0, 0.1) is 0 Å². The summed E-state index contributed by atoms with van der Waals surface area (Å²) in [6.07, 6.45) is 0. The van der Waals surface area contributed by atoms with Crippen molar-refractivity contribution in [3.63, 3.8) is 0 Å². The highest BCUT2D eigenvalue weighted by molar-refractivity contribution is 9.10. The molecule has 3 rings (SSSR count). The quantitative estimate of drug-likeness (QED) is 0.852. The zero-order valence-electron chi connectivity index (χ0n) is 11.5. The van der Waals surface area contributed by atoms with Crippen molar-refractivity contribution in [1.29, 1.82) is 0 Å². The van der Waals surface area contributed by atoms with E-state index in [-0.39, 0.29) is 5.91 Å². The van der Waals surface area contributed by atoms with Gasteiger partial charge >= 0.3 is 0 Å². The van der Waals surface area contributed by atoms with Gasteiger partial charge in [0.25, 0.3) is 5.91 Å². The van der Waals surface area contributed by atoms with Gasteiger partial charge in [-0.2, -0.15) is 0 Å². The maximum Gasteiger partial charge on any atom is 0.278 e. The lowest BCUT2D eigenvalue weighted by atomic mass is 10.1. The second-order valence-corrected chi connectivity index (χ2v) is 5.56. The van der Waals surface area contributed by atoms with E-state index in [9.17, 15) is 4.79 Å². The molecule has 0 saturated heterocycles. The molecule has 2 aromatic rings. The number of hydrogen-bond acceptors (Lipinski definition) is 3. The third kappa shape index (κ3) is 2.66. The molecule has 0 unspecified atom stereocenters. The minimum atomic E-state index is -0.126. The minimum Gasteiger partial charge on any atom is -0.495 e. The Kier molecular flexibility index (Phi) is 3.94. The van der Waals surface area contributed by atoms with Crippen LogP contribution in [0.25, 0.3) is 0 Å². The van der Waals surface area contributed by atoms with Gasteiger partial charge in [-0.05, 0) is 33.6 Å². The van der Waals surface area contributed by atoms with Gasteiger partial charge in [0.1, 0.15) is 12.4 Å². The fourth-order valence-corrected chi connectivity index (χ4v) is 2.94. The van der Waals surface area contributed by atoms with E-state index in [0.29, 0.717) is 24.5 Å². The van der Waals surface area contributed by atoms with Crippen LogP contribution < -0.4 is 4.74 Å². The van der Waals surface area contributed by atoms with Crippen molar-refractivity contribution < 1.29 is 14.4 Å². The van der Waals surface area contributed by atoms with Crippen LogP contribution in [-0.2, 0) is 18.0 Å². The molecular formula is C16H14BrNO3. The highest BCUT2D eigenvalue weighted by Crippen LogP contribution is 2.31. The number of fused-ring (bicyclic) bond motifs is 1. The van der Waals surface area contributed by atoms with Crippen molar-refractivity contribution in [3.8, 4) is 5.75 Å². The molecule has 1 aliphatic rings. The van der Waals surface area contributed by atoms with Crippen LogP contribution in [0.1, 0.15) is 21.5 Å². The Hall–Kier alpha value is -1.85. The molecular weight excluding hydrogens is 334 g/mol. The standard InChI is InChI=1S/C16H14BrNO3/c1-20-15-11(6-4-8-14(15)17)9-18-16(19)13-7-3-2-5-12(13)10-21-18/h2-8H,9-10H2,1H3. The first-order chi connectivity index (χ1) is 10.2. The lowest BCUT2D eigenvalue weighted by Gasteiger charge is -2.28. The molecule has 0 N–H and O–H groups in total. The summed E-state index contributed by atoms with van der Waals surface area (Å²) in [6, 6.07) is 13.2. The largest absolute Gasteiger partial charge is 0.495 e. The second-order valence-electron chi connectivity index (χ2n) is 4.70. The summed E-state index contributed by atoms with van der Waals surface area (Å²) >= 11 is 3.44. The Morgan fingerprint density at radius 2 is 2.05 bits per heavy atom. The predicted octanol–water partition coefficient (Wildman–Crippen LogP) is 3.55. The zero-order chi connectivity index (χ0) is 14.8. The molecule has 0 aromatic heterocycles. The molecule has 0 spiro atoms. The molecule has 0 bridgehead atoms. The lowest BCUT2D eigenvalue weighted by molar-refractivity contribution is -0.146. The van der Waals surface area contributed by atoms with Gasteiger partial charge in [-0.3, -0.25) is 9.63 Å². The summed E-state index contributed by atoms with van der Waals surface area (Å²) in [4.78, 5) is 18.0. The number of amides is 1. The zero-order valence-corrected chi connectivity index (χ0v) is 13.1. The highest BCUT2D eigenvalue weighted by Gasteiger charge is 2.26. The van der Waals surface area contributed by atoms with Crippen molar-refractivity contribution >= 4 is 21.8 Å². The molecule has 1 heterocycles. The van der Waals surface area contributed by atoms with Crippen LogP contribution in [0.15, 0.2) is 46.9 Å². The Balaban J connectivity index is 1.87. The number of hydroxylamine groups is 2. The van der Waals surface area contributed by atoms with Crippen LogP contribution in [0.5, 0.6) is 5.75 Å². The van der Waals surface area contributed by atoms with E-state index in [4.69, 9.17) is 9.57 Å². The third-order valence-electron chi connectivity index (χ3n) is 3.42. The summed E-state index contributed by atoms with van der Waals surface area (Å²) in [5.41, 5.74) is 2.50. The predicted molar refractivity (Wildman–Crippen MR) is 81.8 cm³/mol. The van der Waals surface area contributed by atoms with E-state index in [1.165, 1.54) is 5.06 Å². The summed E-state index contributed by atoms with van der Waals surface area (Å²) in [5, 5.41) is 1.38. The highest BCUT2D eigenvalue weighted by atomic mass is 79.9. The maximum absolute atomic E-state index is 12.5. The molecule has 1 aliphatic heterocycles. The number of ether oxygens (including phenoxy) is 1. The van der Waals surface area contributed by atoms with Crippen LogP contribution >= 0.6 is 15.9 Å². The van der Waals surface area contributed by atoms with Gasteiger partial charge in [0, 0.05) is 11.1 Å². The molecule has 108 valence electrons. The van der Waals surface area contributed by atoms with E-state index >= 15 is 0 Å². The van der Waals surface area contributed by atoms with Crippen molar-refractivity contribution in [2.75, 3.05) is 7.11 Å². The summed E-state index contributed by atoms with van der Waals surface area (Å²) in [6.45, 7) is 0.744. The first-order valence-electron chi connectivity index (χ1n) is 6.55. The van der Waals surface area contributed by atoms with E-state index in [2.05, 4.69) is 15.9 Å². The SMILES string of the molecule is COc1c(Br)cccc1CN1OCc2ccccc2C1=O. The van der Waals surface area contributed by atoms with Crippen molar-refractivity contribution in [1.82, 2.24) is 5.06 Å². The van der Waals surface area contributed by atoms with E-state index in [1.807, 2.05) is 42.5 Å². The molecule has 0 fully saturated rings. The van der Waals surface area contributed by atoms with E-state index in [0.717, 1.165) is 15.6 Å². The molecule has 21 heavy (non-hydrogen) atoms. The van der Waals surface area contributed by atoms with Gasteiger partial charge < -0.3 is 4.74 Å². The lowest BCUT2D eigenvalue weighted by Crippen LogP contribution is -2.35. The smallest absolute Gasteiger partial charge is 0.278 e. The number of rotatable bonds is 3. The van der Waals surface area contributed by atoms with E-state index in [1.54, 1.807) is 7.11 Å². The van der Waals surface area contributed by atoms with Crippen LogP contribution in [0.2, 0.25) is 0 Å². The molecule has 2 aromatic carbocycles. The van der Waals surface area contributed by atoms with Gasteiger partial charge in [0.2, 0.25) is 0 Å². The molecule has 0 aliphatic carbocycles. The molecule has 0 radical (unpaired) electrons. The maximum atomic E-state index is 12.5. The van der Waals surface area contributed by atoms with E-state index < -0.39 is 0 Å². The Morgan fingerprint density at radius 1 is 1.24 bits per heavy atom. The van der Waals surface area contributed by atoms with Crippen molar-refractivity contribution in [2.24, 2.45) is 0 Å². The third-order valence-corrected chi connectivity index (χ3v) is 4.04. The van der Waals surface area contributed by atoms with Gasteiger partial charge in [0.05, 0.1) is 18.1 Å².